The number of nitrogens with two attached hydrogens (primary N) is 1. The number of benzene rings is 1. The summed E-state index contributed by atoms with van der Waals surface area (Å²) in [6.07, 6.45) is 3.34. The summed E-state index contributed by atoms with van der Waals surface area (Å²) in [5.74, 6) is 2.52. The van der Waals surface area contributed by atoms with Crippen molar-refractivity contribution < 1.29 is 9.47 Å². The zero-order chi connectivity index (χ0) is 21.5. The summed E-state index contributed by atoms with van der Waals surface area (Å²) in [5.41, 5.74) is 7.54. The molecule has 0 spiro atoms. The smallest absolute Gasteiger partial charge is 0.224 e. The summed E-state index contributed by atoms with van der Waals surface area (Å²) < 4.78 is 11.2. The molecule has 0 unspecified atom stereocenters. The number of aromatic nitrogens is 4. The predicted octanol–water partition coefficient (Wildman–Crippen LogP) is 2.45. The Morgan fingerprint density at radius 2 is 1.93 bits per heavy atom. The molecule has 0 fully saturated rings. The molecule has 0 aliphatic rings. The van der Waals surface area contributed by atoms with Crippen LogP contribution in [0.3, 0.4) is 0 Å². The maximum absolute atomic E-state index is 9.31. The van der Waals surface area contributed by atoms with Crippen LogP contribution in [-0.4, -0.2) is 47.2 Å². The molecule has 0 bridgehead atoms. The fourth-order valence-corrected chi connectivity index (χ4v) is 2.69. The first-order valence-corrected chi connectivity index (χ1v) is 9.33. The molecular formula is C21H23N7O2. The van der Waals surface area contributed by atoms with Gasteiger partial charge in [0, 0.05) is 51.3 Å². The van der Waals surface area contributed by atoms with Gasteiger partial charge in [0.2, 0.25) is 5.88 Å². The molecule has 30 heavy (non-hydrogen) atoms. The van der Waals surface area contributed by atoms with Gasteiger partial charge in [0.1, 0.15) is 17.4 Å². The Hall–Kier alpha value is -3.61. The van der Waals surface area contributed by atoms with Gasteiger partial charge in [-0.3, -0.25) is 0 Å². The molecule has 3 rings (SSSR count). The van der Waals surface area contributed by atoms with E-state index in [4.69, 9.17) is 15.2 Å². The second-order valence-electron chi connectivity index (χ2n) is 6.57. The van der Waals surface area contributed by atoms with E-state index in [0.29, 0.717) is 59.9 Å². The Morgan fingerprint density at radius 3 is 2.60 bits per heavy atom. The van der Waals surface area contributed by atoms with Crippen molar-refractivity contribution in [2.24, 2.45) is 5.73 Å². The van der Waals surface area contributed by atoms with Crippen LogP contribution in [0.1, 0.15) is 17.0 Å². The fraction of sp³-hybridized carbons (Fsp3) is 0.286. The molecule has 0 amide bonds. The van der Waals surface area contributed by atoms with Crippen molar-refractivity contribution in [1.29, 1.82) is 5.26 Å². The Kier molecular flexibility index (Phi) is 6.85. The number of nitrogens with zero attached hydrogens (tertiary/aromatic N) is 6. The van der Waals surface area contributed by atoms with Crippen LogP contribution in [0.25, 0.3) is 11.4 Å². The van der Waals surface area contributed by atoms with E-state index in [1.165, 1.54) is 0 Å². The van der Waals surface area contributed by atoms with Gasteiger partial charge < -0.3 is 20.1 Å². The maximum atomic E-state index is 9.31. The molecule has 0 aliphatic heterocycles. The standard InChI is InChI=1S/C21H23N7O2/c1-14-26-19(28(2)6-7-29-3)9-20(27-14)30-18-8-15(10-22)4-5-17(18)21-24-12-16(11-23)13-25-21/h4-5,8-9,12-13H,6-7,11,23H2,1-3H3. The molecule has 0 saturated carbocycles. The summed E-state index contributed by atoms with van der Waals surface area (Å²) in [4.78, 5) is 19.5. The van der Waals surface area contributed by atoms with Crippen molar-refractivity contribution in [1.82, 2.24) is 19.9 Å². The van der Waals surface area contributed by atoms with Gasteiger partial charge in [-0.25, -0.2) is 15.0 Å². The molecule has 0 aliphatic carbocycles. The van der Waals surface area contributed by atoms with Crippen molar-refractivity contribution in [2.75, 3.05) is 32.2 Å². The maximum Gasteiger partial charge on any atom is 0.224 e. The van der Waals surface area contributed by atoms with E-state index in [1.807, 2.05) is 11.9 Å². The summed E-state index contributed by atoms with van der Waals surface area (Å²) in [5, 5.41) is 9.31. The van der Waals surface area contributed by atoms with Gasteiger partial charge in [0.25, 0.3) is 0 Å². The van der Waals surface area contributed by atoms with Gasteiger partial charge >= 0.3 is 0 Å². The number of rotatable bonds is 8. The van der Waals surface area contributed by atoms with E-state index in [2.05, 4.69) is 26.0 Å². The van der Waals surface area contributed by atoms with Gasteiger partial charge in [-0.05, 0) is 25.1 Å². The Balaban J connectivity index is 1.97. The highest BCUT2D eigenvalue weighted by atomic mass is 16.5. The topological polar surface area (TPSA) is 123 Å². The van der Waals surface area contributed by atoms with Crippen molar-refractivity contribution in [2.45, 2.75) is 13.5 Å². The van der Waals surface area contributed by atoms with Crippen LogP contribution in [0.4, 0.5) is 5.82 Å². The molecule has 2 aromatic heterocycles. The van der Waals surface area contributed by atoms with Crippen LogP contribution in [0, 0.1) is 18.3 Å². The molecule has 0 atom stereocenters. The minimum Gasteiger partial charge on any atom is -0.438 e. The Bertz CT molecular complexity index is 1050. The van der Waals surface area contributed by atoms with Gasteiger partial charge in [-0.15, -0.1) is 0 Å². The third-order valence-electron chi connectivity index (χ3n) is 4.33. The molecule has 1 aromatic carbocycles. The van der Waals surface area contributed by atoms with Crippen LogP contribution >= 0.6 is 0 Å². The molecular weight excluding hydrogens is 382 g/mol. The van der Waals surface area contributed by atoms with Crippen LogP contribution in [-0.2, 0) is 11.3 Å². The third-order valence-corrected chi connectivity index (χ3v) is 4.33. The van der Waals surface area contributed by atoms with Crippen molar-refractivity contribution in [3.8, 4) is 29.1 Å². The number of ether oxygens (including phenoxy) is 2. The van der Waals surface area contributed by atoms with Crippen molar-refractivity contribution in [3.63, 3.8) is 0 Å². The lowest BCUT2D eigenvalue weighted by molar-refractivity contribution is 0.206. The predicted molar refractivity (Wildman–Crippen MR) is 112 cm³/mol. The number of nitriles is 1. The van der Waals surface area contributed by atoms with Crippen LogP contribution in [0.2, 0.25) is 0 Å². The van der Waals surface area contributed by atoms with Gasteiger partial charge in [-0.1, -0.05) is 0 Å². The summed E-state index contributed by atoms with van der Waals surface area (Å²) >= 11 is 0. The first kappa shape index (κ1) is 21.1. The van der Waals surface area contributed by atoms with Crippen LogP contribution in [0.5, 0.6) is 11.6 Å². The molecule has 9 heteroatoms. The molecule has 0 radical (unpaired) electrons. The number of aryl methyl sites for hydroxylation is 1. The molecule has 3 aromatic rings. The van der Waals surface area contributed by atoms with E-state index in [9.17, 15) is 5.26 Å². The zero-order valence-corrected chi connectivity index (χ0v) is 17.2. The highest BCUT2D eigenvalue weighted by molar-refractivity contribution is 5.66. The molecule has 2 heterocycles. The SMILES string of the molecule is COCCN(C)c1cc(Oc2cc(C#N)ccc2-c2ncc(CN)cn2)nc(C)n1. The van der Waals surface area contributed by atoms with Gasteiger partial charge in [0.05, 0.1) is 23.8 Å². The minimum atomic E-state index is 0.358. The lowest BCUT2D eigenvalue weighted by Crippen LogP contribution is -2.23. The number of hydrogen-bond acceptors (Lipinski definition) is 9. The lowest BCUT2D eigenvalue weighted by atomic mass is 10.1. The van der Waals surface area contributed by atoms with Crippen molar-refractivity contribution >= 4 is 5.82 Å². The fourth-order valence-electron chi connectivity index (χ4n) is 2.69. The monoisotopic (exact) mass is 405 g/mol. The average Bonchev–Trinajstić information content (AvgIpc) is 2.77. The van der Waals surface area contributed by atoms with Gasteiger partial charge in [-0.2, -0.15) is 10.2 Å². The van der Waals surface area contributed by atoms with E-state index in [1.54, 1.807) is 50.7 Å². The summed E-state index contributed by atoms with van der Waals surface area (Å²) in [7, 11) is 3.57. The number of likely N-dealkylation sites (N-methyl/N-ethyl adjacent to an activating group) is 1. The first-order valence-electron chi connectivity index (χ1n) is 9.33. The number of hydrogen-bond donors (Lipinski definition) is 1. The first-order chi connectivity index (χ1) is 14.5. The summed E-state index contributed by atoms with van der Waals surface area (Å²) in [6, 6.07) is 8.95. The van der Waals surface area contributed by atoms with Gasteiger partial charge in [0.15, 0.2) is 5.82 Å². The zero-order valence-electron chi connectivity index (χ0n) is 17.2. The summed E-state index contributed by atoms with van der Waals surface area (Å²) in [6.45, 7) is 3.39. The second kappa shape index (κ2) is 9.73. The normalized spacial score (nSPS) is 10.5. The second-order valence-corrected chi connectivity index (χ2v) is 6.57. The molecule has 154 valence electrons. The minimum absolute atomic E-state index is 0.358. The molecule has 9 nitrogen and oxygen atoms in total. The highest BCUT2D eigenvalue weighted by Crippen LogP contribution is 2.32. The quantitative estimate of drug-likeness (QED) is 0.602. The van der Waals surface area contributed by atoms with Crippen LogP contribution in [0.15, 0.2) is 36.7 Å². The van der Waals surface area contributed by atoms with E-state index in [0.717, 1.165) is 5.56 Å². The Labute approximate surface area is 175 Å². The third kappa shape index (κ3) is 5.05. The lowest BCUT2D eigenvalue weighted by Gasteiger charge is -2.19. The molecule has 0 saturated heterocycles. The van der Waals surface area contributed by atoms with E-state index < -0.39 is 0 Å². The molecule has 2 N–H and O–H groups in total. The number of anilines is 1. The average molecular weight is 405 g/mol. The number of methoxy groups -OCH3 is 1. The van der Waals surface area contributed by atoms with E-state index >= 15 is 0 Å². The van der Waals surface area contributed by atoms with Crippen LogP contribution < -0.4 is 15.4 Å². The largest absolute Gasteiger partial charge is 0.438 e. The highest BCUT2D eigenvalue weighted by Gasteiger charge is 2.14. The van der Waals surface area contributed by atoms with E-state index in [-0.39, 0.29) is 0 Å². The van der Waals surface area contributed by atoms with Crippen molar-refractivity contribution in [3.05, 3.63) is 53.6 Å². The Morgan fingerprint density at radius 1 is 1.17 bits per heavy atom.